The number of carboxylic acids is 1. The third-order valence-corrected chi connectivity index (χ3v) is 4.05. The molecule has 144 valence electrons. The van der Waals surface area contributed by atoms with Crippen molar-refractivity contribution in [2.45, 2.75) is 25.7 Å². The molecule has 7 heteroatoms. The van der Waals surface area contributed by atoms with Crippen LogP contribution >= 0.6 is 0 Å². The number of ether oxygens (including phenoxy) is 1. The van der Waals surface area contributed by atoms with E-state index in [4.69, 9.17) is 9.84 Å². The van der Waals surface area contributed by atoms with E-state index in [2.05, 4.69) is 5.32 Å². The number of carboxylic acid groups (broad SMARTS) is 1. The van der Waals surface area contributed by atoms with Gasteiger partial charge in [-0.1, -0.05) is 12.5 Å². The fraction of sp³-hybridized carbons (Fsp3) is 0.300. The van der Waals surface area contributed by atoms with E-state index in [0.29, 0.717) is 37.1 Å². The van der Waals surface area contributed by atoms with Crippen LogP contribution in [-0.4, -0.2) is 30.6 Å². The molecule has 0 fully saturated rings. The predicted molar refractivity (Wildman–Crippen MR) is 96.8 cm³/mol. The number of methoxy groups -OCH3 is 1. The maximum absolute atomic E-state index is 14.3. The van der Waals surface area contributed by atoms with Gasteiger partial charge in [-0.05, 0) is 42.7 Å². The van der Waals surface area contributed by atoms with E-state index in [0.717, 1.165) is 6.07 Å². The molecule has 27 heavy (non-hydrogen) atoms. The summed E-state index contributed by atoms with van der Waals surface area (Å²) in [6.45, 7) is 0.326. The molecule has 0 aliphatic heterocycles. The highest BCUT2D eigenvalue weighted by atomic mass is 19.1. The Balaban J connectivity index is 1.97. The van der Waals surface area contributed by atoms with E-state index in [1.54, 1.807) is 6.07 Å². The molecule has 0 radical (unpaired) electrons. The highest BCUT2D eigenvalue weighted by Crippen LogP contribution is 2.27. The molecule has 0 unspecified atom stereocenters. The highest BCUT2D eigenvalue weighted by Gasteiger charge is 2.14. The van der Waals surface area contributed by atoms with Crippen LogP contribution in [0, 0.1) is 11.6 Å². The van der Waals surface area contributed by atoms with Crippen LogP contribution in [0.2, 0.25) is 0 Å². The van der Waals surface area contributed by atoms with E-state index < -0.39 is 23.5 Å². The lowest BCUT2D eigenvalue weighted by molar-refractivity contribution is -0.137. The summed E-state index contributed by atoms with van der Waals surface area (Å²) in [5.74, 6) is -2.35. The number of carbonyl (C=O) groups is 2. The van der Waals surface area contributed by atoms with Gasteiger partial charge in [-0.15, -0.1) is 0 Å². The Morgan fingerprint density at radius 1 is 1.04 bits per heavy atom. The van der Waals surface area contributed by atoms with Crippen LogP contribution in [0.1, 0.15) is 36.0 Å². The maximum atomic E-state index is 14.3. The molecule has 0 bridgehead atoms. The summed E-state index contributed by atoms with van der Waals surface area (Å²) in [7, 11) is 1.42. The molecule has 0 aliphatic rings. The molecule has 0 aliphatic carbocycles. The number of carbonyl (C=O) groups excluding carboxylic acids is 1. The Morgan fingerprint density at radius 2 is 1.81 bits per heavy atom. The number of rotatable bonds is 9. The van der Waals surface area contributed by atoms with Crippen LogP contribution in [0.3, 0.4) is 0 Å². The SMILES string of the molecule is COc1ccc(-c2ccc(C(=O)NCCCCCC(=O)O)c(F)c2)c(F)c1. The van der Waals surface area contributed by atoms with Crippen molar-refractivity contribution in [2.24, 2.45) is 0 Å². The summed E-state index contributed by atoms with van der Waals surface area (Å²) in [4.78, 5) is 22.5. The van der Waals surface area contributed by atoms with Crippen LogP contribution < -0.4 is 10.1 Å². The zero-order valence-electron chi connectivity index (χ0n) is 14.9. The van der Waals surface area contributed by atoms with Gasteiger partial charge in [0, 0.05) is 24.6 Å². The molecule has 2 aromatic carbocycles. The number of benzene rings is 2. The van der Waals surface area contributed by atoms with E-state index in [1.807, 2.05) is 0 Å². The predicted octanol–water partition coefficient (Wildman–Crippen LogP) is 4.02. The molecule has 5 nitrogen and oxygen atoms in total. The Hall–Kier alpha value is -2.96. The standard InChI is InChI=1S/C20H21F2NO4/c1-27-14-7-9-15(18(22)12-14)13-6-8-16(17(21)11-13)20(26)23-10-4-2-3-5-19(24)25/h6-9,11-12H,2-5,10H2,1H3,(H,23,26)(H,24,25). The normalized spacial score (nSPS) is 10.5. The third kappa shape index (κ3) is 5.77. The van der Waals surface area contributed by atoms with Crippen LogP contribution in [0.5, 0.6) is 5.75 Å². The van der Waals surface area contributed by atoms with Gasteiger partial charge in [-0.2, -0.15) is 0 Å². The van der Waals surface area contributed by atoms with Crippen LogP contribution in [0.4, 0.5) is 8.78 Å². The van der Waals surface area contributed by atoms with Crippen molar-refractivity contribution in [3.8, 4) is 16.9 Å². The molecule has 0 saturated heterocycles. The topological polar surface area (TPSA) is 75.6 Å². The Labute approximate surface area is 156 Å². The summed E-state index contributed by atoms with van der Waals surface area (Å²) in [6.07, 6.45) is 1.88. The molecule has 0 saturated carbocycles. The summed E-state index contributed by atoms with van der Waals surface area (Å²) >= 11 is 0. The minimum atomic E-state index is -0.852. The largest absolute Gasteiger partial charge is 0.497 e. The Bertz CT molecular complexity index is 824. The van der Waals surface area contributed by atoms with Gasteiger partial charge in [-0.3, -0.25) is 9.59 Å². The van der Waals surface area contributed by atoms with Crippen molar-refractivity contribution in [3.05, 3.63) is 53.6 Å². The van der Waals surface area contributed by atoms with Gasteiger partial charge in [0.1, 0.15) is 17.4 Å². The molecular weight excluding hydrogens is 356 g/mol. The summed E-state index contributed by atoms with van der Waals surface area (Å²) in [6, 6.07) is 8.18. The second-order valence-electron chi connectivity index (χ2n) is 6.00. The lowest BCUT2D eigenvalue weighted by atomic mass is 10.0. The quantitative estimate of drug-likeness (QED) is 0.648. The average molecular weight is 377 g/mol. The monoisotopic (exact) mass is 377 g/mol. The molecule has 0 spiro atoms. The molecular formula is C20H21F2NO4. The second-order valence-corrected chi connectivity index (χ2v) is 6.00. The maximum Gasteiger partial charge on any atom is 0.303 e. The van der Waals surface area contributed by atoms with E-state index >= 15 is 0 Å². The molecule has 2 aromatic rings. The summed E-state index contributed by atoms with van der Waals surface area (Å²) < 4.78 is 33.4. The number of nitrogens with one attached hydrogen (secondary N) is 1. The number of unbranched alkanes of at least 4 members (excludes halogenated alkanes) is 2. The number of hydrogen-bond acceptors (Lipinski definition) is 3. The van der Waals surface area contributed by atoms with Crippen molar-refractivity contribution < 1.29 is 28.2 Å². The average Bonchev–Trinajstić information content (AvgIpc) is 2.63. The van der Waals surface area contributed by atoms with Gasteiger partial charge in [0.05, 0.1) is 12.7 Å². The lowest BCUT2D eigenvalue weighted by Crippen LogP contribution is -2.25. The molecule has 2 N–H and O–H groups in total. The first-order valence-electron chi connectivity index (χ1n) is 8.56. The fourth-order valence-corrected chi connectivity index (χ4v) is 2.60. The smallest absolute Gasteiger partial charge is 0.303 e. The molecule has 2 rings (SSSR count). The van der Waals surface area contributed by atoms with Gasteiger partial charge in [0.15, 0.2) is 0 Å². The van der Waals surface area contributed by atoms with Gasteiger partial charge in [0.2, 0.25) is 0 Å². The number of aliphatic carboxylic acids is 1. The van der Waals surface area contributed by atoms with Crippen LogP contribution in [0.15, 0.2) is 36.4 Å². The second kappa shape index (κ2) is 9.66. The van der Waals surface area contributed by atoms with Crippen molar-refractivity contribution >= 4 is 11.9 Å². The van der Waals surface area contributed by atoms with Crippen LogP contribution in [-0.2, 0) is 4.79 Å². The minimum absolute atomic E-state index is 0.0892. The first kappa shape index (κ1) is 20.4. The fourth-order valence-electron chi connectivity index (χ4n) is 2.60. The molecule has 0 aromatic heterocycles. The Morgan fingerprint density at radius 3 is 2.44 bits per heavy atom. The number of halogens is 2. The molecule has 0 atom stereocenters. The van der Waals surface area contributed by atoms with E-state index in [9.17, 15) is 18.4 Å². The van der Waals surface area contributed by atoms with Crippen molar-refractivity contribution in [1.82, 2.24) is 5.32 Å². The van der Waals surface area contributed by atoms with Crippen LogP contribution in [0.25, 0.3) is 11.1 Å². The molecule has 1 amide bonds. The van der Waals surface area contributed by atoms with E-state index in [-0.39, 0.29) is 17.5 Å². The molecule has 0 heterocycles. The number of amides is 1. The van der Waals surface area contributed by atoms with Crippen molar-refractivity contribution in [3.63, 3.8) is 0 Å². The minimum Gasteiger partial charge on any atom is -0.497 e. The lowest BCUT2D eigenvalue weighted by Gasteiger charge is -2.09. The third-order valence-electron chi connectivity index (χ3n) is 4.05. The summed E-state index contributed by atoms with van der Waals surface area (Å²) in [5, 5.41) is 11.1. The van der Waals surface area contributed by atoms with Crippen molar-refractivity contribution in [2.75, 3.05) is 13.7 Å². The highest BCUT2D eigenvalue weighted by molar-refractivity contribution is 5.95. The van der Waals surface area contributed by atoms with Crippen molar-refractivity contribution in [1.29, 1.82) is 0 Å². The van der Waals surface area contributed by atoms with E-state index in [1.165, 1.54) is 31.4 Å². The summed E-state index contributed by atoms with van der Waals surface area (Å²) in [5.41, 5.74) is 0.399. The van der Waals surface area contributed by atoms with Gasteiger partial charge in [-0.25, -0.2) is 8.78 Å². The number of hydrogen-bond donors (Lipinski definition) is 2. The zero-order chi connectivity index (χ0) is 19.8. The van der Waals surface area contributed by atoms with Gasteiger partial charge < -0.3 is 15.2 Å². The first-order chi connectivity index (χ1) is 12.9. The first-order valence-corrected chi connectivity index (χ1v) is 8.56. The Kier molecular flexibility index (Phi) is 7.28. The van der Waals surface area contributed by atoms with Gasteiger partial charge in [0.25, 0.3) is 5.91 Å². The van der Waals surface area contributed by atoms with Gasteiger partial charge >= 0.3 is 5.97 Å². The zero-order valence-corrected chi connectivity index (χ0v) is 14.9.